The maximum atomic E-state index is 13.9. The van der Waals surface area contributed by atoms with Gasteiger partial charge in [0.15, 0.2) is 0 Å². The van der Waals surface area contributed by atoms with Gasteiger partial charge in [-0.15, -0.1) is 0 Å². The van der Waals surface area contributed by atoms with E-state index < -0.39 is 39.7 Å². The maximum absolute atomic E-state index is 13.9. The highest BCUT2D eigenvalue weighted by atomic mass is 32.2. The Labute approximate surface area is 251 Å². The van der Waals surface area contributed by atoms with Gasteiger partial charge in [0.2, 0.25) is 0 Å². The molecule has 0 saturated carbocycles. The molecule has 0 bridgehead atoms. The van der Waals surface area contributed by atoms with Crippen molar-refractivity contribution in [2.45, 2.75) is 43.4 Å². The molecule has 0 aromatic heterocycles. The lowest BCUT2D eigenvalue weighted by atomic mass is 10.00. The molecule has 0 heterocycles. The van der Waals surface area contributed by atoms with E-state index in [0.717, 1.165) is 34.5 Å². The van der Waals surface area contributed by atoms with Crippen LogP contribution in [0.5, 0.6) is 0 Å². The van der Waals surface area contributed by atoms with E-state index >= 15 is 0 Å². The Morgan fingerprint density at radius 3 is 2.16 bits per heavy atom. The number of carbonyl (C=O) groups excluding carboxylic acids is 1. The van der Waals surface area contributed by atoms with Gasteiger partial charge in [-0.3, -0.25) is 9.10 Å². The molecular weight excluding hydrogens is 572 g/mol. The second kappa shape index (κ2) is 14.4. The molecule has 0 saturated heterocycles. The van der Waals surface area contributed by atoms with Crippen molar-refractivity contribution < 1.29 is 27.1 Å². The number of carbonyl (C=O) groups is 1. The molecule has 43 heavy (non-hydrogen) atoms. The van der Waals surface area contributed by atoms with Crippen molar-refractivity contribution in [2.75, 3.05) is 17.9 Å². The number of benzene rings is 4. The minimum absolute atomic E-state index is 0.00133. The number of aryl methyl sites for hydroxylation is 1. The van der Waals surface area contributed by atoms with Gasteiger partial charge < -0.3 is 15.7 Å². The van der Waals surface area contributed by atoms with Crippen LogP contribution in [0.3, 0.4) is 0 Å². The van der Waals surface area contributed by atoms with Gasteiger partial charge in [0.25, 0.3) is 15.9 Å². The maximum Gasteiger partial charge on any atom is 0.264 e. The molecule has 0 fully saturated rings. The summed E-state index contributed by atoms with van der Waals surface area (Å²) in [6, 6.07) is 24.2. The van der Waals surface area contributed by atoms with Crippen molar-refractivity contribution in [2.24, 2.45) is 0 Å². The highest BCUT2D eigenvalue weighted by Crippen LogP contribution is 2.22. The third-order valence-corrected chi connectivity index (χ3v) is 8.94. The summed E-state index contributed by atoms with van der Waals surface area (Å²) in [5.41, 5.74) is 3.13. The van der Waals surface area contributed by atoms with Gasteiger partial charge in [-0.25, -0.2) is 17.2 Å². The first-order valence-corrected chi connectivity index (χ1v) is 15.4. The van der Waals surface area contributed by atoms with Gasteiger partial charge in [-0.2, -0.15) is 0 Å². The minimum atomic E-state index is -3.88. The number of halogens is 2. The second-order valence-electron chi connectivity index (χ2n) is 10.3. The molecule has 10 heteroatoms. The van der Waals surface area contributed by atoms with Crippen molar-refractivity contribution >= 4 is 21.6 Å². The Bertz CT molecular complexity index is 1610. The Kier molecular flexibility index (Phi) is 10.6. The summed E-state index contributed by atoms with van der Waals surface area (Å²) < 4.78 is 55.2. The molecule has 2 atom stereocenters. The summed E-state index contributed by atoms with van der Waals surface area (Å²) in [6.45, 7) is 2.64. The number of nitrogens with zero attached hydrogens (tertiary/aromatic N) is 1. The molecule has 0 radical (unpaired) electrons. The first-order chi connectivity index (χ1) is 20.6. The number of hydrogen-bond acceptors (Lipinski definition) is 5. The quantitative estimate of drug-likeness (QED) is 0.202. The van der Waals surface area contributed by atoms with Crippen LogP contribution in [0.15, 0.2) is 102 Å². The minimum Gasteiger partial charge on any atom is -0.390 e. The van der Waals surface area contributed by atoms with Crippen LogP contribution in [0.1, 0.15) is 34.0 Å². The number of aliphatic hydroxyl groups is 1. The van der Waals surface area contributed by atoms with Crippen LogP contribution in [0, 0.1) is 11.6 Å². The van der Waals surface area contributed by atoms with E-state index in [4.69, 9.17) is 0 Å². The smallest absolute Gasteiger partial charge is 0.264 e. The fourth-order valence-electron chi connectivity index (χ4n) is 4.70. The Balaban J connectivity index is 1.48. The molecule has 0 aliphatic heterocycles. The van der Waals surface area contributed by atoms with E-state index in [0.29, 0.717) is 12.2 Å². The molecule has 0 spiro atoms. The summed E-state index contributed by atoms with van der Waals surface area (Å²) in [4.78, 5) is 13.2. The van der Waals surface area contributed by atoms with Gasteiger partial charge in [0.1, 0.15) is 11.6 Å². The average molecular weight is 608 g/mol. The topological polar surface area (TPSA) is 98.7 Å². The fourth-order valence-corrected chi connectivity index (χ4v) is 5.89. The zero-order valence-electron chi connectivity index (χ0n) is 24.0. The Morgan fingerprint density at radius 2 is 1.51 bits per heavy atom. The number of sulfonamides is 1. The van der Waals surface area contributed by atoms with Gasteiger partial charge in [0.05, 0.1) is 22.7 Å². The lowest BCUT2D eigenvalue weighted by Crippen LogP contribution is -2.48. The molecule has 4 aromatic carbocycles. The lowest BCUT2D eigenvalue weighted by molar-refractivity contribution is 0.0829. The van der Waals surface area contributed by atoms with Crippen LogP contribution in [0.2, 0.25) is 0 Å². The van der Waals surface area contributed by atoms with E-state index in [1.807, 2.05) is 18.2 Å². The molecule has 4 rings (SSSR count). The molecular formula is C33H35F2N3O4S. The predicted octanol–water partition coefficient (Wildman–Crippen LogP) is 4.84. The molecule has 0 aliphatic carbocycles. The molecule has 2 unspecified atom stereocenters. The Hall–Kier alpha value is -4.12. The van der Waals surface area contributed by atoms with E-state index in [2.05, 4.69) is 23.6 Å². The third-order valence-electron chi connectivity index (χ3n) is 7.14. The van der Waals surface area contributed by atoms with Crippen molar-refractivity contribution in [3.8, 4) is 0 Å². The van der Waals surface area contributed by atoms with Crippen molar-refractivity contribution in [1.82, 2.24) is 10.6 Å². The van der Waals surface area contributed by atoms with Crippen LogP contribution in [-0.4, -0.2) is 45.2 Å². The van der Waals surface area contributed by atoms with Gasteiger partial charge in [-0.1, -0.05) is 49.4 Å². The highest BCUT2D eigenvalue weighted by Gasteiger charge is 2.25. The number of nitrogens with one attached hydrogen (secondary N) is 2. The largest absolute Gasteiger partial charge is 0.390 e. The van der Waals surface area contributed by atoms with Gasteiger partial charge in [0, 0.05) is 31.8 Å². The number of para-hydroxylation sites is 1. The number of amides is 1. The van der Waals surface area contributed by atoms with Crippen molar-refractivity contribution in [3.05, 3.63) is 131 Å². The zero-order chi connectivity index (χ0) is 31.0. The van der Waals surface area contributed by atoms with Gasteiger partial charge in [-0.05, 0) is 78.1 Å². The fraction of sp³-hybridized carbons (Fsp3) is 0.242. The number of hydrogen-bond donors (Lipinski definition) is 3. The van der Waals surface area contributed by atoms with Crippen molar-refractivity contribution in [3.63, 3.8) is 0 Å². The van der Waals surface area contributed by atoms with E-state index in [1.165, 1.54) is 36.9 Å². The first-order valence-electron chi connectivity index (χ1n) is 13.9. The number of rotatable bonds is 13. The molecule has 3 N–H and O–H groups in total. The second-order valence-corrected chi connectivity index (χ2v) is 12.2. The van der Waals surface area contributed by atoms with Crippen molar-refractivity contribution in [1.29, 1.82) is 0 Å². The van der Waals surface area contributed by atoms with Crippen LogP contribution in [-0.2, 0) is 29.4 Å². The molecule has 0 aliphatic rings. The molecule has 4 aromatic rings. The number of aliphatic hydroxyl groups excluding tert-OH is 1. The standard InChI is InChI=1S/C33H35F2N3O4S/c1-3-23-8-7-9-24(16-23)21-36-22-32(39)31(19-25-17-27(34)20-28(35)18-25)37-33(40)26-12-14-30(15-13-26)43(41,42)38(2)29-10-5-4-6-11-29/h4-18,20,31-32,36,39H,3,19,21-22H2,1-2H3,(H,37,40). The first kappa shape index (κ1) is 31.8. The average Bonchev–Trinajstić information content (AvgIpc) is 3.00. The van der Waals surface area contributed by atoms with E-state index in [9.17, 15) is 27.1 Å². The summed E-state index contributed by atoms with van der Waals surface area (Å²) in [5, 5.41) is 17.0. The summed E-state index contributed by atoms with van der Waals surface area (Å²) >= 11 is 0. The predicted molar refractivity (Wildman–Crippen MR) is 163 cm³/mol. The third kappa shape index (κ3) is 8.47. The summed E-state index contributed by atoms with van der Waals surface area (Å²) in [6.07, 6.45) is -0.252. The molecule has 7 nitrogen and oxygen atoms in total. The monoisotopic (exact) mass is 607 g/mol. The number of anilines is 1. The van der Waals surface area contributed by atoms with Crippen LogP contribution in [0.25, 0.3) is 0 Å². The highest BCUT2D eigenvalue weighted by molar-refractivity contribution is 7.92. The van der Waals surface area contributed by atoms with Gasteiger partial charge >= 0.3 is 0 Å². The van der Waals surface area contributed by atoms with Crippen LogP contribution < -0.4 is 14.9 Å². The van der Waals surface area contributed by atoms with E-state index in [-0.39, 0.29) is 29.0 Å². The lowest BCUT2D eigenvalue weighted by Gasteiger charge is -2.25. The normalized spacial score (nSPS) is 12.9. The summed E-state index contributed by atoms with van der Waals surface area (Å²) in [7, 11) is -2.43. The zero-order valence-corrected chi connectivity index (χ0v) is 24.8. The van der Waals surface area contributed by atoms with Crippen LogP contribution in [0.4, 0.5) is 14.5 Å². The molecule has 226 valence electrons. The summed E-state index contributed by atoms with van der Waals surface area (Å²) in [5.74, 6) is -2.10. The van der Waals surface area contributed by atoms with E-state index in [1.54, 1.807) is 30.3 Å². The SMILES string of the molecule is CCc1cccc(CNCC(O)C(Cc2cc(F)cc(F)c2)NC(=O)c2ccc(S(=O)(=O)N(C)c3ccccc3)cc2)c1. The van der Waals surface area contributed by atoms with Crippen LogP contribution >= 0.6 is 0 Å². The Morgan fingerprint density at radius 1 is 0.860 bits per heavy atom. The molecule has 1 amide bonds.